The molecule has 0 radical (unpaired) electrons. The molecule has 4 nitrogen and oxygen atoms in total. The van der Waals surface area contributed by atoms with Crippen LogP contribution in [0, 0.1) is 11.6 Å². The number of aryl methyl sites for hydroxylation is 1. The smallest absolute Gasteiger partial charge is 0.254 e. The molecule has 0 saturated heterocycles. The molecule has 0 atom stereocenters. The molecule has 2 aromatic carbocycles. The Hall–Kier alpha value is -3.06. The van der Waals surface area contributed by atoms with E-state index in [1.54, 1.807) is 31.8 Å². The molecule has 0 aliphatic heterocycles. The van der Waals surface area contributed by atoms with Crippen molar-refractivity contribution in [3.63, 3.8) is 0 Å². The summed E-state index contributed by atoms with van der Waals surface area (Å²) in [7, 11) is -0.684. The molecule has 1 heterocycles. The van der Waals surface area contributed by atoms with Gasteiger partial charge < -0.3 is 4.57 Å². The van der Waals surface area contributed by atoms with Gasteiger partial charge in [-0.25, -0.2) is 13.0 Å². The second-order valence-corrected chi connectivity index (χ2v) is 10.5. The summed E-state index contributed by atoms with van der Waals surface area (Å²) in [4.78, 5) is 12.5. The number of aromatic nitrogens is 1. The molecule has 0 N–H and O–H groups in total. The molecule has 4 rings (SSSR count). The maximum atomic E-state index is 14.4. The molecule has 0 amide bonds. The Bertz CT molecular complexity index is 1410. The second kappa shape index (κ2) is 7.89. The zero-order valence-corrected chi connectivity index (χ0v) is 18.3. The first kappa shape index (κ1) is 21.2. The Balaban J connectivity index is 1.95. The highest BCUT2D eigenvalue weighted by atomic mass is 32.2. The van der Waals surface area contributed by atoms with E-state index in [4.69, 9.17) is 0 Å². The van der Waals surface area contributed by atoms with Crippen LogP contribution in [0.5, 0.6) is 0 Å². The van der Waals surface area contributed by atoms with Crippen molar-refractivity contribution < 1.29 is 13.0 Å². The van der Waals surface area contributed by atoms with Gasteiger partial charge in [0.1, 0.15) is 11.6 Å². The molecule has 3 aromatic rings. The minimum absolute atomic E-state index is 0.0548. The third-order valence-corrected chi connectivity index (χ3v) is 5.88. The van der Waals surface area contributed by atoms with E-state index in [1.807, 2.05) is 24.3 Å². The van der Waals surface area contributed by atoms with E-state index in [-0.39, 0.29) is 12.0 Å². The Labute approximate surface area is 180 Å². The minimum Gasteiger partial charge on any atom is -0.318 e. The van der Waals surface area contributed by atoms with Crippen LogP contribution in [0.15, 0.2) is 57.8 Å². The fourth-order valence-corrected chi connectivity index (χ4v) is 4.48. The molecule has 0 spiro atoms. The predicted octanol–water partition coefficient (Wildman–Crippen LogP) is 4.85. The van der Waals surface area contributed by atoms with Crippen molar-refractivity contribution in [2.45, 2.75) is 12.8 Å². The number of hydrogen-bond acceptors (Lipinski definition) is 3. The average molecular weight is 441 g/mol. The molecule has 160 valence electrons. The van der Waals surface area contributed by atoms with E-state index < -0.39 is 21.4 Å². The minimum atomic E-state index is -2.38. The number of halogens is 2. The standard InChI is InChI=1S/C24H22F2N2O2S/c1-28-14-22(19-5-4-6-20(19)24(28)29)21-13-18(27-31(2,3)30)10-8-15(21)11-16-7-9-17(25)12-23(16)26/h4-5,7-10,12-14H,6,11H2,1-3H3. The predicted molar refractivity (Wildman–Crippen MR) is 121 cm³/mol. The van der Waals surface area contributed by atoms with Crippen molar-refractivity contribution in [1.29, 1.82) is 0 Å². The topological polar surface area (TPSA) is 51.4 Å². The summed E-state index contributed by atoms with van der Waals surface area (Å²) >= 11 is 0. The van der Waals surface area contributed by atoms with Crippen LogP contribution in [0.4, 0.5) is 14.5 Å². The Morgan fingerprint density at radius 1 is 1.06 bits per heavy atom. The molecule has 0 unspecified atom stereocenters. The average Bonchev–Trinajstić information content (AvgIpc) is 3.17. The van der Waals surface area contributed by atoms with Crippen LogP contribution in [0.2, 0.25) is 0 Å². The zero-order chi connectivity index (χ0) is 22.3. The second-order valence-electron chi connectivity index (χ2n) is 7.98. The monoisotopic (exact) mass is 440 g/mol. The summed E-state index contributed by atoms with van der Waals surface area (Å²) in [5.74, 6) is -1.24. The van der Waals surface area contributed by atoms with Crippen molar-refractivity contribution in [2.75, 3.05) is 12.5 Å². The lowest BCUT2D eigenvalue weighted by molar-refractivity contribution is 0.574. The Morgan fingerprint density at radius 3 is 2.52 bits per heavy atom. The van der Waals surface area contributed by atoms with Crippen LogP contribution in [0.3, 0.4) is 0 Å². The normalized spacial score (nSPS) is 12.8. The van der Waals surface area contributed by atoms with Gasteiger partial charge in [0, 0.05) is 59.1 Å². The van der Waals surface area contributed by atoms with E-state index in [0.29, 0.717) is 23.2 Å². The number of hydrogen-bond donors (Lipinski definition) is 0. The summed E-state index contributed by atoms with van der Waals surface area (Å²) in [6.07, 6.45) is 9.52. The first-order valence-corrected chi connectivity index (χ1v) is 12.1. The largest absolute Gasteiger partial charge is 0.318 e. The zero-order valence-electron chi connectivity index (χ0n) is 17.5. The molecule has 7 heteroatoms. The van der Waals surface area contributed by atoms with Crippen molar-refractivity contribution >= 4 is 21.5 Å². The summed E-state index contributed by atoms with van der Waals surface area (Å²) < 4.78 is 45.8. The van der Waals surface area contributed by atoms with Crippen LogP contribution in [0.25, 0.3) is 17.2 Å². The molecule has 1 aliphatic carbocycles. The lowest BCUT2D eigenvalue weighted by atomic mass is 9.91. The molecule has 1 aromatic heterocycles. The van der Waals surface area contributed by atoms with Gasteiger partial charge in [0.25, 0.3) is 5.56 Å². The molecule has 0 fully saturated rings. The van der Waals surface area contributed by atoms with Gasteiger partial charge in [0.2, 0.25) is 0 Å². The van der Waals surface area contributed by atoms with Crippen LogP contribution in [-0.4, -0.2) is 21.3 Å². The highest BCUT2D eigenvalue weighted by Crippen LogP contribution is 2.35. The molecule has 31 heavy (non-hydrogen) atoms. The van der Waals surface area contributed by atoms with Crippen molar-refractivity contribution in [1.82, 2.24) is 4.57 Å². The van der Waals surface area contributed by atoms with Gasteiger partial charge in [-0.1, -0.05) is 24.3 Å². The highest BCUT2D eigenvalue weighted by molar-refractivity contribution is 7.92. The van der Waals surface area contributed by atoms with E-state index >= 15 is 0 Å². The van der Waals surface area contributed by atoms with Gasteiger partial charge in [-0.2, -0.15) is 4.36 Å². The van der Waals surface area contributed by atoms with Crippen LogP contribution < -0.4 is 5.56 Å². The van der Waals surface area contributed by atoms with E-state index in [0.717, 1.165) is 28.3 Å². The van der Waals surface area contributed by atoms with Gasteiger partial charge >= 0.3 is 0 Å². The first-order valence-electron chi connectivity index (χ1n) is 9.76. The summed E-state index contributed by atoms with van der Waals surface area (Å²) in [5.41, 5.74) is 4.76. The maximum Gasteiger partial charge on any atom is 0.254 e. The molecular formula is C24H22F2N2O2S. The summed E-state index contributed by atoms with van der Waals surface area (Å²) in [5, 5.41) is 0. The van der Waals surface area contributed by atoms with Gasteiger partial charge in [0.15, 0.2) is 0 Å². The SMILES string of the molecule is Cn1cc(-c2cc(N=S(C)(C)=O)ccc2Cc2ccc(F)cc2F)c2c(c1=O)CC=C2. The third-order valence-electron chi connectivity index (χ3n) is 5.23. The lowest BCUT2D eigenvalue weighted by Crippen LogP contribution is -2.21. The number of benzene rings is 2. The summed E-state index contributed by atoms with van der Waals surface area (Å²) in [6.45, 7) is 0. The van der Waals surface area contributed by atoms with E-state index in [2.05, 4.69) is 4.36 Å². The fraction of sp³-hybridized carbons (Fsp3) is 0.208. The first-order chi connectivity index (χ1) is 14.6. The summed E-state index contributed by atoms with van der Waals surface area (Å²) in [6, 6.07) is 8.91. The lowest BCUT2D eigenvalue weighted by Gasteiger charge is -2.16. The third kappa shape index (κ3) is 4.37. The van der Waals surface area contributed by atoms with Gasteiger partial charge in [-0.15, -0.1) is 0 Å². The fourth-order valence-electron chi connectivity index (χ4n) is 3.86. The van der Waals surface area contributed by atoms with Crippen LogP contribution in [-0.2, 0) is 29.6 Å². The van der Waals surface area contributed by atoms with Crippen LogP contribution >= 0.6 is 0 Å². The van der Waals surface area contributed by atoms with Crippen molar-refractivity contribution in [3.8, 4) is 11.1 Å². The quantitative estimate of drug-likeness (QED) is 0.582. The van der Waals surface area contributed by atoms with Gasteiger partial charge in [0.05, 0.1) is 5.69 Å². The molecule has 0 bridgehead atoms. The number of nitrogens with zero attached hydrogens (tertiary/aromatic N) is 2. The van der Waals surface area contributed by atoms with Gasteiger partial charge in [-0.3, -0.25) is 4.79 Å². The van der Waals surface area contributed by atoms with Gasteiger partial charge in [-0.05, 0) is 46.9 Å². The van der Waals surface area contributed by atoms with Crippen molar-refractivity contribution in [3.05, 3.63) is 92.9 Å². The molecular weight excluding hydrogens is 418 g/mol. The van der Waals surface area contributed by atoms with E-state index in [1.165, 1.54) is 16.7 Å². The number of rotatable bonds is 4. The van der Waals surface area contributed by atoms with E-state index in [9.17, 15) is 17.8 Å². The molecule has 1 aliphatic rings. The number of fused-ring (bicyclic) bond motifs is 1. The Kier molecular flexibility index (Phi) is 5.39. The number of allylic oxidation sites excluding steroid dienone is 1. The van der Waals surface area contributed by atoms with Crippen molar-refractivity contribution in [2.24, 2.45) is 11.4 Å². The van der Waals surface area contributed by atoms with Crippen LogP contribution in [0.1, 0.15) is 22.3 Å². The number of pyridine rings is 1. The maximum absolute atomic E-state index is 14.4. The highest BCUT2D eigenvalue weighted by Gasteiger charge is 2.19. The Morgan fingerprint density at radius 2 is 1.81 bits per heavy atom. The molecule has 0 saturated carbocycles.